The van der Waals surface area contributed by atoms with Gasteiger partial charge < -0.3 is 0 Å². The zero-order valence-electron chi connectivity index (χ0n) is 9.17. The third kappa shape index (κ3) is 4.98. The van der Waals surface area contributed by atoms with Gasteiger partial charge in [-0.15, -0.1) is 11.3 Å². The molecule has 0 aliphatic carbocycles. The maximum absolute atomic E-state index is 3.50. The van der Waals surface area contributed by atoms with E-state index in [0.29, 0.717) is 6.04 Å². The minimum atomic E-state index is 0.616. The predicted octanol–water partition coefficient (Wildman–Crippen LogP) is 4.51. The fraction of sp³-hybridized carbons (Fsp3) is 0.636. The molecular weight excluding hydrogens is 338 g/mol. The minimum absolute atomic E-state index is 0.616. The molecule has 1 aromatic rings. The quantitative estimate of drug-likeness (QED) is 0.679. The average Bonchev–Trinajstić information content (AvgIpc) is 2.58. The summed E-state index contributed by atoms with van der Waals surface area (Å²) in [6, 6.07) is 2.83. The van der Waals surface area contributed by atoms with Crippen molar-refractivity contribution in [1.29, 1.82) is 0 Å². The van der Waals surface area contributed by atoms with Gasteiger partial charge in [0.1, 0.15) is 0 Å². The number of hydrogen-bond acceptors (Lipinski definition) is 2. The Hall–Kier alpha value is 0.620. The Morgan fingerprint density at radius 2 is 2.20 bits per heavy atom. The molecule has 1 heterocycles. The fourth-order valence-corrected chi connectivity index (χ4v) is 3.15. The number of thiophene rings is 1. The van der Waals surface area contributed by atoms with Crippen LogP contribution in [0.15, 0.2) is 15.9 Å². The molecule has 0 saturated carbocycles. The van der Waals surface area contributed by atoms with Gasteiger partial charge in [-0.2, -0.15) is 0 Å². The number of rotatable bonds is 6. The monoisotopic (exact) mass is 353 g/mol. The summed E-state index contributed by atoms with van der Waals surface area (Å²) in [5, 5.41) is 3.24. The van der Waals surface area contributed by atoms with Crippen molar-refractivity contribution >= 4 is 43.2 Å². The maximum atomic E-state index is 3.50. The van der Waals surface area contributed by atoms with Crippen molar-refractivity contribution in [2.24, 2.45) is 0 Å². The first kappa shape index (κ1) is 13.7. The van der Waals surface area contributed by atoms with Gasteiger partial charge in [0.25, 0.3) is 0 Å². The molecule has 0 radical (unpaired) electrons. The Bertz CT molecular complexity index is 286. The van der Waals surface area contributed by atoms with Crippen LogP contribution in [0.3, 0.4) is 0 Å². The van der Waals surface area contributed by atoms with Crippen LogP contribution in [0.5, 0.6) is 0 Å². The van der Waals surface area contributed by atoms with Crippen molar-refractivity contribution in [2.45, 2.75) is 32.9 Å². The summed E-state index contributed by atoms with van der Waals surface area (Å²) in [6.45, 7) is 6.76. The zero-order chi connectivity index (χ0) is 11.3. The zero-order valence-corrected chi connectivity index (χ0v) is 13.2. The van der Waals surface area contributed by atoms with Crippen LogP contribution >= 0.6 is 43.2 Å². The highest BCUT2D eigenvalue weighted by molar-refractivity contribution is 9.10. The highest BCUT2D eigenvalue weighted by Crippen LogP contribution is 2.22. The highest BCUT2D eigenvalue weighted by Gasteiger charge is 2.10. The van der Waals surface area contributed by atoms with Crippen molar-refractivity contribution in [3.8, 4) is 0 Å². The molecule has 4 heteroatoms. The van der Waals surface area contributed by atoms with Crippen LogP contribution < -0.4 is 0 Å². The van der Waals surface area contributed by atoms with Gasteiger partial charge in [0.05, 0.1) is 0 Å². The van der Waals surface area contributed by atoms with Crippen molar-refractivity contribution < 1.29 is 0 Å². The van der Waals surface area contributed by atoms with Gasteiger partial charge in [-0.1, -0.05) is 15.9 Å². The van der Waals surface area contributed by atoms with Gasteiger partial charge in [0.2, 0.25) is 0 Å². The second-order valence-electron chi connectivity index (χ2n) is 3.84. The van der Waals surface area contributed by atoms with Crippen molar-refractivity contribution in [2.75, 3.05) is 11.9 Å². The molecule has 0 bridgehead atoms. The number of hydrogen-bond donors (Lipinski definition) is 0. The lowest BCUT2D eigenvalue weighted by molar-refractivity contribution is 0.216. The van der Waals surface area contributed by atoms with Crippen LogP contribution in [0.4, 0.5) is 0 Å². The summed E-state index contributed by atoms with van der Waals surface area (Å²) < 4.78 is 1.20. The summed E-state index contributed by atoms with van der Waals surface area (Å²) in [5.41, 5.74) is 0. The van der Waals surface area contributed by atoms with Crippen LogP contribution in [0.1, 0.15) is 25.1 Å². The molecular formula is C11H17Br2NS. The summed E-state index contributed by atoms with van der Waals surface area (Å²) in [4.78, 5) is 3.95. The summed E-state index contributed by atoms with van der Waals surface area (Å²) in [7, 11) is 0. The first-order valence-electron chi connectivity index (χ1n) is 5.16. The molecule has 1 rings (SSSR count). The second-order valence-corrected chi connectivity index (χ2v) is 6.54. The first-order chi connectivity index (χ1) is 7.13. The second kappa shape index (κ2) is 7.05. The molecule has 0 aliphatic heterocycles. The Labute approximate surface area is 113 Å². The van der Waals surface area contributed by atoms with Crippen LogP contribution in [-0.4, -0.2) is 22.8 Å². The number of halogens is 2. The van der Waals surface area contributed by atoms with Crippen molar-refractivity contribution in [1.82, 2.24) is 4.90 Å². The molecule has 86 valence electrons. The first-order valence-corrected chi connectivity index (χ1v) is 7.96. The molecule has 0 unspecified atom stereocenters. The van der Waals surface area contributed by atoms with Crippen LogP contribution in [0.2, 0.25) is 0 Å². The summed E-state index contributed by atoms with van der Waals surface area (Å²) >= 11 is 8.81. The lowest BCUT2D eigenvalue weighted by atomic mass is 10.3. The van der Waals surface area contributed by atoms with E-state index in [-0.39, 0.29) is 0 Å². The van der Waals surface area contributed by atoms with E-state index in [1.807, 2.05) is 11.3 Å². The lowest BCUT2D eigenvalue weighted by Crippen LogP contribution is -2.31. The maximum Gasteiger partial charge on any atom is 0.0331 e. The topological polar surface area (TPSA) is 3.24 Å². The van der Waals surface area contributed by atoms with Gasteiger partial charge in [0, 0.05) is 32.6 Å². The van der Waals surface area contributed by atoms with Crippen LogP contribution in [0, 0.1) is 0 Å². The molecule has 0 N–H and O–H groups in total. The van der Waals surface area contributed by atoms with E-state index in [1.165, 1.54) is 22.3 Å². The van der Waals surface area contributed by atoms with E-state index in [2.05, 4.69) is 62.1 Å². The molecule has 0 aromatic carbocycles. The molecule has 0 saturated heterocycles. The number of alkyl halides is 1. The average molecular weight is 355 g/mol. The Kier molecular flexibility index (Phi) is 6.43. The SMILES string of the molecule is CC(C)N(CCCBr)Cc1cc(Br)cs1. The predicted molar refractivity (Wildman–Crippen MR) is 76.0 cm³/mol. The fourth-order valence-electron chi connectivity index (χ4n) is 1.42. The lowest BCUT2D eigenvalue weighted by Gasteiger charge is -2.25. The van der Waals surface area contributed by atoms with E-state index in [0.717, 1.165) is 11.9 Å². The smallest absolute Gasteiger partial charge is 0.0331 e. The normalized spacial score (nSPS) is 11.6. The van der Waals surface area contributed by atoms with E-state index < -0.39 is 0 Å². The Morgan fingerprint density at radius 1 is 1.47 bits per heavy atom. The largest absolute Gasteiger partial charge is 0.296 e. The van der Waals surface area contributed by atoms with E-state index >= 15 is 0 Å². The van der Waals surface area contributed by atoms with Crippen molar-refractivity contribution in [3.05, 3.63) is 20.8 Å². The van der Waals surface area contributed by atoms with E-state index in [4.69, 9.17) is 0 Å². The molecule has 0 amide bonds. The van der Waals surface area contributed by atoms with Crippen LogP contribution in [-0.2, 0) is 6.54 Å². The molecule has 0 spiro atoms. The number of nitrogens with zero attached hydrogens (tertiary/aromatic N) is 1. The molecule has 0 atom stereocenters. The van der Waals surface area contributed by atoms with E-state index in [1.54, 1.807) is 0 Å². The van der Waals surface area contributed by atoms with Gasteiger partial charge in [-0.3, -0.25) is 4.90 Å². The molecule has 0 fully saturated rings. The van der Waals surface area contributed by atoms with Gasteiger partial charge >= 0.3 is 0 Å². The summed E-state index contributed by atoms with van der Waals surface area (Å²) in [6.07, 6.45) is 1.21. The molecule has 1 nitrogen and oxygen atoms in total. The third-order valence-corrected chi connectivity index (χ3v) is 4.53. The van der Waals surface area contributed by atoms with Gasteiger partial charge in [-0.25, -0.2) is 0 Å². The van der Waals surface area contributed by atoms with Gasteiger partial charge in [-0.05, 0) is 48.8 Å². The Balaban J connectivity index is 2.50. The van der Waals surface area contributed by atoms with Crippen LogP contribution in [0.25, 0.3) is 0 Å². The summed E-state index contributed by atoms with van der Waals surface area (Å²) in [5.74, 6) is 0. The van der Waals surface area contributed by atoms with E-state index in [9.17, 15) is 0 Å². The Morgan fingerprint density at radius 3 is 2.67 bits per heavy atom. The van der Waals surface area contributed by atoms with Gasteiger partial charge in [0.15, 0.2) is 0 Å². The molecule has 0 aliphatic rings. The highest BCUT2D eigenvalue weighted by atomic mass is 79.9. The third-order valence-electron chi connectivity index (χ3n) is 2.29. The minimum Gasteiger partial charge on any atom is -0.296 e. The standard InChI is InChI=1S/C11H17Br2NS/c1-9(2)14(5-3-4-12)7-11-6-10(13)8-15-11/h6,8-9H,3-5,7H2,1-2H3. The van der Waals surface area contributed by atoms with Crippen molar-refractivity contribution in [3.63, 3.8) is 0 Å². The molecule has 15 heavy (non-hydrogen) atoms. The molecule has 1 aromatic heterocycles.